The van der Waals surface area contributed by atoms with E-state index in [0.717, 1.165) is 11.4 Å². The van der Waals surface area contributed by atoms with Gasteiger partial charge >= 0.3 is 0 Å². The minimum absolute atomic E-state index is 0.381. The maximum atomic E-state index is 10.2. The highest BCUT2D eigenvalue weighted by Gasteiger charge is 2.07. The van der Waals surface area contributed by atoms with Gasteiger partial charge in [-0.2, -0.15) is 0 Å². The third-order valence-corrected chi connectivity index (χ3v) is 3.48. The maximum absolute atomic E-state index is 10.2. The summed E-state index contributed by atoms with van der Waals surface area (Å²) in [6.07, 6.45) is 5.14. The lowest BCUT2D eigenvalue weighted by Crippen LogP contribution is -2.13. The van der Waals surface area contributed by atoms with Gasteiger partial charge in [-0.3, -0.25) is 4.98 Å². The fourth-order valence-electron chi connectivity index (χ4n) is 2.27. The molecule has 0 spiro atoms. The summed E-state index contributed by atoms with van der Waals surface area (Å²) >= 11 is 0. The molecule has 2 heterocycles. The molecule has 0 saturated carbocycles. The fourth-order valence-corrected chi connectivity index (χ4v) is 2.27. The molecule has 0 aliphatic rings. The Bertz CT molecular complexity index is 734. The Morgan fingerprint density at radius 2 is 1.74 bits per heavy atom. The van der Waals surface area contributed by atoms with Crippen molar-refractivity contribution in [1.82, 2.24) is 15.0 Å². The molecule has 3 aromatic rings. The second-order valence-corrected chi connectivity index (χ2v) is 5.20. The first-order chi connectivity index (χ1) is 11.3. The Balaban J connectivity index is 1.61. The number of nitrogens with zero attached hydrogens (tertiary/aromatic N) is 3. The van der Waals surface area contributed by atoms with Gasteiger partial charge in [-0.05, 0) is 29.3 Å². The second kappa shape index (κ2) is 7.47. The molecule has 2 N–H and O–H groups in total. The maximum Gasteiger partial charge on any atom is 0.135 e. The van der Waals surface area contributed by atoms with Crippen molar-refractivity contribution in [3.63, 3.8) is 0 Å². The lowest BCUT2D eigenvalue weighted by molar-refractivity contribution is 0.191. The second-order valence-electron chi connectivity index (χ2n) is 5.20. The number of aliphatic hydroxyl groups is 1. The van der Waals surface area contributed by atoms with Crippen LogP contribution in [-0.2, 0) is 6.42 Å². The van der Waals surface area contributed by atoms with Crippen molar-refractivity contribution >= 4 is 5.82 Å². The van der Waals surface area contributed by atoms with Gasteiger partial charge in [0.05, 0.1) is 6.10 Å². The summed E-state index contributed by atoms with van der Waals surface area (Å²) in [6, 6.07) is 15.5. The van der Waals surface area contributed by atoms with Crippen LogP contribution < -0.4 is 5.32 Å². The van der Waals surface area contributed by atoms with Crippen molar-refractivity contribution in [3.8, 4) is 0 Å². The van der Waals surface area contributed by atoms with E-state index in [-0.39, 0.29) is 0 Å². The van der Waals surface area contributed by atoms with Gasteiger partial charge in [-0.15, -0.1) is 0 Å². The third-order valence-electron chi connectivity index (χ3n) is 3.48. The van der Waals surface area contributed by atoms with Crippen molar-refractivity contribution in [1.29, 1.82) is 0 Å². The molecule has 0 fully saturated rings. The van der Waals surface area contributed by atoms with Crippen LogP contribution in [0.2, 0.25) is 0 Å². The van der Waals surface area contributed by atoms with E-state index >= 15 is 0 Å². The topological polar surface area (TPSA) is 70.9 Å². The molecular weight excluding hydrogens is 288 g/mol. The van der Waals surface area contributed by atoms with Gasteiger partial charge in [0.25, 0.3) is 0 Å². The first-order valence-electron chi connectivity index (χ1n) is 7.49. The standard InChI is InChI=1S/C18H18N4O/c23-16(15-6-9-19-10-7-15)13-21-17-8-11-20-18(22-17)12-14-4-2-1-3-5-14/h1-11,16,23H,12-13H2,(H,20,21,22). The number of nitrogens with one attached hydrogen (secondary N) is 1. The molecule has 1 aromatic carbocycles. The first-order valence-corrected chi connectivity index (χ1v) is 7.49. The molecule has 1 atom stereocenters. The number of hydrogen-bond acceptors (Lipinski definition) is 5. The number of rotatable bonds is 6. The number of anilines is 1. The molecule has 0 saturated heterocycles. The number of pyridine rings is 1. The van der Waals surface area contributed by atoms with E-state index < -0.39 is 6.10 Å². The van der Waals surface area contributed by atoms with E-state index in [1.807, 2.05) is 18.2 Å². The van der Waals surface area contributed by atoms with Crippen LogP contribution in [0.15, 0.2) is 67.1 Å². The molecule has 0 bridgehead atoms. The van der Waals surface area contributed by atoms with Crippen LogP contribution in [0.3, 0.4) is 0 Å². The molecule has 23 heavy (non-hydrogen) atoms. The highest BCUT2D eigenvalue weighted by Crippen LogP contribution is 2.13. The van der Waals surface area contributed by atoms with E-state index in [0.29, 0.717) is 18.8 Å². The molecule has 0 aliphatic carbocycles. The quantitative estimate of drug-likeness (QED) is 0.732. The van der Waals surface area contributed by atoms with Crippen LogP contribution in [0, 0.1) is 0 Å². The van der Waals surface area contributed by atoms with Gasteiger partial charge in [0.1, 0.15) is 11.6 Å². The summed E-state index contributed by atoms with van der Waals surface area (Å²) in [6.45, 7) is 0.381. The average molecular weight is 306 g/mol. The normalized spacial score (nSPS) is 11.9. The van der Waals surface area contributed by atoms with Crippen LogP contribution in [0.25, 0.3) is 0 Å². The molecule has 3 rings (SSSR count). The molecular formula is C18H18N4O. The molecule has 116 valence electrons. The van der Waals surface area contributed by atoms with E-state index in [1.165, 1.54) is 5.56 Å². The van der Waals surface area contributed by atoms with Gasteiger partial charge in [0.15, 0.2) is 0 Å². The van der Waals surface area contributed by atoms with E-state index in [4.69, 9.17) is 0 Å². The smallest absolute Gasteiger partial charge is 0.135 e. The van der Waals surface area contributed by atoms with Crippen molar-refractivity contribution < 1.29 is 5.11 Å². The Hall–Kier alpha value is -2.79. The van der Waals surface area contributed by atoms with Gasteiger partial charge in [-0.25, -0.2) is 9.97 Å². The van der Waals surface area contributed by atoms with Crippen molar-refractivity contribution in [2.75, 3.05) is 11.9 Å². The predicted octanol–water partition coefficient (Wildman–Crippen LogP) is 2.61. The fraction of sp³-hybridized carbons (Fsp3) is 0.167. The van der Waals surface area contributed by atoms with Crippen LogP contribution in [0.4, 0.5) is 5.82 Å². The van der Waals surface area contributed by atoms with Gasteiger partial charge in [0, 0.05) is 31.6 Å². The minimum atomic E-state index is -0.606. The minimum Gasteiger partial charge on any atom is -0.387 e. The summed E-state index contributed by atoms with van der Waals surface area (Å²) in [5.74, 6) is 1.46. The van der Waals surface area contributed by atoms with Crippen LogP contribution in [0.5, 0.6) is 0 Å². The van der Waals surface area contributed by atoms with Gasteiger partial charge in [0.2, 0.25) is 0 Å². The summed E-state index contributed by atoms with van der Waals surface area (Å²) < 4.78 is 0. The Kier molecular flexibility index (Phi) is 4.91. The van der Waals surface area contributed by atoms with Crippen molar-refractivity contribution in [2.45, 2.75) is 12.5 Å². The Morgan fingerprint density at radius 1 is 0.957 bits per heavy atom. The molecule has 5 heteroatoms. The zero-order valence-corrected chi connectivity index (χ0v) is 12.6. The summed E-state index contributed by atoms with van der Waals surface area (Å²) in [5.41, 5.74) is 1.99. The summed E-state index contributed by atoms with van der Waals surface area (Å²) in [7, 11) is 0. The van der Waals surface area contributed by atoms with Crippen LogP contribution >= 0.6 is 0 Å². The number of hydrogen-bond donors (Lipinski definition) is 2. The molecule has 5 nitrogen and oxygen atoms in total. The van der Waals surface area contributed by atoms with E-state index in [1.54, 1.807) is 36.8 Å². The van der Waals surface area contributed by atoms with E-state index in [2.05, 4.69) is 32.4 Å². The highest BCUT2D eigenvalue weighted by molar-refractivity contribution is 5.34. The largest absolute Gasteiger partial charge is 0.387 e. The molecule has 0 aliphatic heterocycles. The van der Waals surface area contributed by atoms with E-state index in [9.17, 15) is 5.11 Å². The number of aliphatic hydroxyl groups excluding tert-OH is 1. The first kappa shape index (κ1) is 15.1. The molecule has 2 aromatic heterocycles. The molecule has 0 radical (unpaired) electrons. The number of benzene rings is 1. The Labute approximate surface area is 135 Å². The zero-order valence-electron chi connectivity index (χ0n) is 12.6. The summed E-state index contributed by atoms with van der Waals surface area (Å²) in [5, 5.41) is 13.3. The predicted molar refractivity (Wildman–Crippen MR) is 89.0 cm³/mol. The lowest BCUT2D eigenvalue weighted by atomic mass is 10.1. The van der Waals surface area contributed by atoms with Crippen LogP contribution in [-0.4, -0.2) is 26.6 Å². The number of aromatic nitrogens is 3. The van der Waals surface area contributed by atoms with Gasteiger partial charge in [-0.1, -0.05) is 30.3 Å². The van der Waals surface area contributed by atoms with Crippen LogP contribution in [0.1, 0.15) is 23.1 Å². The monoisotopic (exact) mass is 306 g/mol. The Morgan fingerprint density at radius 3 is 2.52 bits per heavy atom. The molecule has 1 unspecified atom stereocenters. The zero-order chi connectivity index (χ0) is 15.9. The molecule has 0 amide bonds. The lowest BCUT2D eigenvalue weighted by Gasteiger charge is -2.12. The SMILES string of the molecule is OC(CNc1ccnc(Cc2ccccc2)n1)c1ccncc1. The average Bonchev–Trinajstić information content (AvgIpc) is 2.62. The third kappa shape index (κ3) is 4.34. The summed E-state index contributed by atoms with van der Waals surface area (Å²) in [4.78, 5) is 12.7. The van der Waals surface area contributed by atoms with Crippen molar-refractivity contribution in [3.05, 3.63) is 84.1 Å². The van der Waals surface area contributed by atoms with Crippen molar-refractivity contribution in [2.24, 2.45) is 0 Å². The van der Waals surface area contributed by atoms with Gasteiger partial charge < -0.3 is 10.4 Å². The highest BCUT2D eigenvalue weighted by atomic mass is 16.3.